The summed E-state index contributed by atoms with van der Waals surface area (Å²) in [5, 5.41) is -0.343. The molecule has 0 N–H and O–H groups in total. The molecule has 5 heteroatoms. The fourth-order valence-electron chi connectivity index (χ4n) is 1.19. The van der Waals surface area contributed by atoms with Crippen LogP contribution < -0.4 is 0 Å². The third-order valence-electron chi connectivity index (χ3n) is 2.20. The van der Waals surface area contributed by atoms with E-state index in [1.807, 2.05) is 0 Å². The number of pyridine rings is 1. The van der Waals surface area contributed by atoms with Crippen LogP contribution in [0.15, 0.2) is 23.2 Å². The molecule has 15 heavy (non-hydrogen) atoms. The van der Waals surface area contributed by atoms with Crippen molar-refractivity contribution in [1.29, 1.82) is 0 Å². The molecular weight excluding hydrogens is 234 g/mol. The van der Waals surface area contributed by atoms with Crippen LogP contribution in [0.3, 0.4) is 0 Å². The van der Waals surface area contributed by atoms with E-state index in [2.05, 4.69) is 4.98 Å². The zero-order valence-electron chi connectivity index (χ0n) is 8.77. The zero-order valence-corrected chi connectivity index (χ0v) is 10.3. The van der Waals surface area contributed by atoms with Crippen LogP contribution in [0.1, 0.15) is 19.0 Å². The van der Waals surface area contributed by atoms with Crippen molar-refractivity contribution in [2.75, 3.05) is 5.88 Å². The Morgan fingerprint density at radius 2 is 2.13 bits per heavy atom. The summed E-state index contributed by atoms with van der Waals surface area (Å²) < 4.78 is 23.9. The molecule has 1 unspecified atom stereocenters. The molecule has 1 atom stereocenters. The summed E-state index contributed by atoms with van der Waals surface area (Å²) >= 11 is 5.54. The maximum atomic E-state index is 12.0. The highest BCUT2D eigenvalue weighted by atomic mass is 35.5. The smallest absolute Gasteiger partial charge is 0.198 e. The van der Waals surface area contributed by atoms with Crippen molar-refractivity contribution in [2.45, 2.75) is 30.5 Å². The molecule has 0 aromatic carbocycles. The molecule has 1 aromatic rings. The van der Waals surface area contributed by atoms with Gasteiger partial charge in [-0.1, -0.05) is 6.07 Å². The molecule has 0 saturated carbocycles. The standard InChI is InChI=1S/C10H14ClNO2S/c1-8-4-3-5-10(12-8)15(13,14)9(2)6-7-11/h3-5,9H,6-7H2,1-2H3. The van der Waals surface area contributed by atoms with Crippen molar-refractivity contribution >= 4 is 21.4 Å². The number of halogens is 1. The summed E-state index contributed by atoms with van der Waals surface area (Å²) in [4.78, 5) is 4.02. The second kappa shape index (κ2) is 4.94. The van der Waals surface area contributed by atoms with Gasteiger partial charge in [0.05, 0.1) is 5.25 Å². The first-order valence-electron chi connectivity index (χ1n) is 4.72. The predicted molar refractivity (Wildman–Crippen MR) is 61.0 cm³/mol. The normalized spacial score (nSPS) is 13.8. The minimum atomic E-state index is -3.32. The van der Waals surface area contributed by atoms with Crippen molar-refractivity contribution in [1.82, 2.24) is 4.98 Å². The first-order valence-corrected chi connectivity index (χ1v) is 6.80. The van der Waals surface area contributed by atoms with E-state index in [0.29, 0.717) is 18.0 Å². The lowest BCUT2D eigenvalue weighted by Crippen LogP contribution is -2.19. The second-order valence-electron chi connectivity index (χ2n) is 3.45. The Bertz CT molecular complexity index is 431. The van der Waals surface area contributed by atoms with Crippen molar-refractivity contribution in [2.24, 2.45) is 0 Å². The number of alkyl halides is 1. The van der Waals surface area contributed by atoms with Crippen LogP contribution in [0.2, 0.25) is 0 Å². The van der Waals surface area contributed by atoms with Gasteiger partial charge in [-0.2, -0.15) is 0 Å². The van der Waals surface area contributed by atoms with Gasteiger partial charge in [0, 0.05) is 11.6 Å². The number of aryl methyl sites for hydroxylation is 1. The molecule has 0 aliphatic rings. The largest absolute Gasteiger partial charge is 0.242 e. The number of sulfone groups is 1. The summed E-state index contributed by atoms with van der Waals surface area (Å²) in [5.74, 6) is 0.339. The van der Waals surface area contributed by atoms with Gasteiger partial charge >= 0.3 is 0 Å². The quantitative estimate of drug-likeness (QED) is 0.767. The highest BCUT2D eigenvalue weighted by molar-refractivity contribution is 7.92. The molecule has 0 radical (unpaired) electrons. The molecule has 0 fully saturated rings. The topological polar surface area (TPSA) is 47.0 Å². The molecule has 84 valence electrons. The molecule has 0 spiro atoms. The highest BCUT2D eigenvalue weighted by Crippen LogP contribution is 2.16. The van der Waals surface area contributed by atoms with E-state index in [9.17, 15) is 8.42 Å². The van der Waals surface area contributed by atoms with Gasteiger partial charge in [0.25, 0.3) is 0 Å². The van der Waals surface area contributed by atoms with Crippen molar-refractivity contribution < 1.29 is 8.42 Å². The van der Waals surface area contributed by atoms with Crippen LogP contribution >= 0.6 is 11.6 Å². The summed E-state index contributed by atoms with van der Waals surface area (Å²) in [5.41, 5.74) is 0.703. The summed E-state index contributed by atoms with van der Waals surface area (Å²) in [6.07, 6.45) is 0.444. The van der Waals surface area contributed by atoms with Gasteiger partial charge < -0.3 is 0 Å². The van der Waals surface area contributed by atoms with Crippen molar-refractivity contribution in [3.05, 3.63) is 23.9 Å². The van der Waals surface area contributed by atoms with Gasteiger partial charge in [0.15, 0.2) is 14.9 Å². The fourth-order valence-corrected chi connectivity index (χ4v) is 3.03. The number of rotatable bonds is 4. The minimum absolute atomic E-state index is 0.139. The van der Waals surface area contributed by atoms with E-state index in [4.69, 9.17) is 11.6 Å². The lowest BCUT2D eigenvalue weighted by molar-refractivity contribution is 0.577. The van der Waals surface area contributed by atoms with E-state index in [1.165, 1.54) is 6.07 Å². The van der Waals surface area contributed by atoms with E-state index >= 15 is 0 Å². The number of hydrogen-bond acceptors (Lipinski definition) is 3. The van der Waals surface area contributed by atoms with Gasteiger partial charge in [-0.25, -0.2) is 13.4 Å². The Morgan fingerprint density at radius 1 is 1.47 bits per heavy atom. The van der Waals surface area contributed by atoms with Gasteiger partial charge in [0.1, 0.15) is 0 Å². The Hall–Kier alpha value is -0.610. The van der Waals surface area contributed by atoms with E-state index in [-0.39, 0.29) is 5.03 Å². The van der Waals surface area contributed by atoms with Gasteiger partial charge in [-0.15, -0.1) is 11.6 Å². The first kappa shape index (κ1) is 12.5. The third kappa shape index (κ3) is 2.92. The number of nitrogens with zero attached hydrogens (tertiary/aromatic N) is 1. The average molecular weight is 248 g/mol. The SMILES string of the molecule is Cc1cccc(S(=O)(=O)C(C)CCCl)n1. The van der Waals surface area contributed by atoms with Crippen LogP contribution in [0.5, 0.6) is 0 Å². The number of hydrogen-bond donors (Lipinski definition) is 0. The van der Waals surface area contributed by atoms with Crippen LogP contribution in [0.25, 0.3) is 0 Å². The Kier molecular flexibility index (Phi) is 4.11. The van der Waals surface area contributed by atoms with Gasteiger partial charge in [-0.3, -0.25) is 0 Å². The molecule has 1 rings (SSSR count). The van der Waals surface area contributed by atoms with Crippen LogP contribution in [0.4, 0.5) is 0 Å². The molecule has 0 aliphatic carbocycles. The predicted octanol–water partition coefficient (Wildman–Crippen LogP) is 2.18. The zero-order chi connectivity index (χ0) is 11.5. The maximum absolute atomic E-state index is 12.0. The molecule has 0 aliphatic heterocycles. The highest BCUT2D eigenvalue weighted by Gasteiger charge is 2.23. The number of aromatic nitrogens is 1. The summed E-state index contributed by atoms with van der Waals surface area (Å²) in [6.45, 7) is 3.42. The Labute approximate surface area is 95.4 Å². The van der Waals surface area contributed by atoms with Gasteiger partial charge in [-0.05, 0) is 32.4 Å². The summed E-state index contributed by atoms with van der Waals surface area (Å²) in [7, 11) is -3.32. The first-order chi connectivity index (χ1) is 6.98. The second-order valence-corrected chi connectivity index (χ2v) is 6.14. The molecule has 0 bridgehead atoms. The summed E-state index contributed by atoms with van der Waals surface area (Å²) in [6, 6.07) is 4.99. The van der Waals surface area contributed by atoms with E-state index < -0.39 is 15.1 Å². The molecule has 1 heterocycles. The molecule has 1 aromatic heterocycles. The van der Waals surface area contributed by atoms with Gasteiger partial charge in [0.2, 0.25) is 0 Å². The molecule has 3 nitrogen and oxygen atoms in total. The van der Waals surface area contributed by atoms with Crippen molar-refractivity contribution in [3.63, 3.8) is 0 Å². The molecule has 0 amide bonds. The van der Waals surface area contributed by atoms with E-state index in [1.54, 1.807) is 26.0 Å². The Balaban J connectivity index is 3.06. The lowest BCUT2D eigenvalue weighted by Gasteiger charge is -2.10. The average Bonchev–Trinajstić information content (AvgIpc) is 2.18. The van der Waals surface area contributed by atoms with Crippen LogP contribution in [-0.4, -0.2) is 24.5 Å². The minimum Gasteiger partial charge on any atom is -0.242 e. The lowest BCUT2D eigenvalue weighted by atomic mass is 10.4. The van der Waals surface area contributed by atoms with Crippen LogP contribution in [0, 0.1) is 6.92 Å². The maximum Gasteiger partial charge on any atom is 0.198 e. The Morgan fingerprint density at radius 3 is 2.67 bits per heavy atom. The van der Waals surface area contributed by atoms with E-state index in [0.717, 1.165) is 0 Å². The fraction of sp³-hybridized carbons (Fsp3) is 0.500. The molecule has 0 saturated heterocycles. The van der Waals surface area contributed by atoms with Crippen molar-refractivity contribution in [3.8, 4) is 0 Å². The third-order valence-corrected chi connectivity index (χ3v) is 4.52. The molecular formula is C10H14ClNO2S. The monoisotopic (exact) mass is 247 g/mol. The van der Waals surface area contributed by atoms with Crippen LogP contribution in [-0.2, 0) is 9.84 Å².